The molecule has 3 aliphatic heterocycles. The number of hydrogen-bond donors (Lipinski definition) is 4. The van der Waals surface area contributed by atoms with Gasteiger partial charge in [-0.05, 0) is 31.0 Å². The summed E-state index contributed by atoms with van der Waals surface area (Å²) in [5.74, 6) is -0.212. The highest BCUT2D eigenvalue weighted by Gasteiger charge is 2.39. The molecule has 0 saturated carbocycles. The van der Waals surface area contributed by atoms with E-state index in [4.69, 9.17) is 0 Å². The minimum Gasteiger partial charge on any atom is -0.375 e. The van der Waals surface area contributed by atoms with Crippen molar-refractivity contribution in [3.8, 4) is 0 Å². The number of aromatic nitrogens is 2. The lowest BCUT2D eigenvalue weighted by atomic mass is 9.97. The van der Waals surface area contributed by atoms with Crippen LogP contribution in [-0.2, 0) is 11.0 Å². The van der Waals surface area contributed by atoms with Gasteiger partial charge in [0, 0.05) is 36.8 Å². The van der Waals surface area contributed by atoms with Gasteiger partial charge < -0.3 is 21.3 Å². The highest BCUT2D eigenvalue weighted by atomic mass is 19.4. The lowest BCUT2D eigenvalue weighted by Crippen LogP contribution is -2.39. The summed E-state index contributed by atoms with van der Waals surface area (Å²) in [6.45, 7) is 1.61. The first-order valence-electron chi connectivity index (χ1n) is 8.99. The smallest absolute Gasteiger partial charge is 0.375 e. The summed E-state index contributed by atoms with van der Waals surface area (Å²) in [5.41, 5.74) is -0.534. The van der Waals surface area contributed by atoms with E-state index in [0.717, 1.165) is 25.6 Å². The topological polar surface area (TPSA) is 91.0 Å². The Bertz CT molecular complexity index is 871. The molecular formula is C18H19F3N6O. The number of carbonyl (C=O) groups is 1. The maximum atomic E-state index is 13.6. The third kappa shape index (κ3) is 3.59. The van der Waals surface area contributed by atoms with Crippen LogP contribution >= 0.6 is 0 Å². The average Bonchev–Trinajstić information content (AvgIpc) is 3.00. The Labute approximate surface area is 159 Å². The summed E-state index contributed by atoms with van der Waals surface area (Å²) in [6, 6.07) is -0.715. The predicted molar refractivity (Wildman–Crippen MR) is 96.8 cm³/mol. The summed E-state index contributed by atoms with van der Waals surface area (Å²) >= 11 is 0. The molecule has 0 bridgehead atoms. The van der Waals surface area contributed by atoms with Gasteiger partial charge in [-0.3, -0.25) is 4.79 Å². The van der Waals surface area contributed by atoms with Crippen LogP contribution in [0, 0.1) is 0 Å². The largest absolute Gasteiger partial charge is 0.419 e. The Morgan fingerprint density at radius 1 is 1.29 bits per heavy atom. The Balaban J connectivity index is 1.71. The van der Waals surface area contributed by atoms with Crippen molar-refractivity contribution in [2.45, 2.75) is 31.1 Å². The fraction of sp³-hybridized carbons (Fsp3) is 0.389. The molecule has 1 aromatic heterocycles. The van der Waals surface area contributed by atoms with E-state index in [1.807, 2.05) is 0 Å². The molecule has 1 aromatic rings. The highest BCUT2D eigenvalue weighted by molar-refractivity contribution is 5.97. The van der Waals surface area contributed by atoms with Crippen molar-refractivity contribution in [2.24, 2.45) is 0 Å². The van der Waals surface area contributed by atoms with Gasteiger partial charge in [0.15, 0.2) is 0 Å². The molecule has 1 saturated heterocycles. The number of amides is 1. The van der Waals surface area contributed by atoms with E-state index in [0.29, 0.717) is 12.1 Å². The van der Waals surface area contributed by atoms with Gasteiger partial charge in [0.2, 0.25) is 5.95 Å². The van der Waals surface area contributed by atoms with Crippen LogP contribution in [0.5, 0.6) is 0 Å². The number of alkyl halides is 3. The second-order valence-electron chi connectivity index (χ2n) is 6.79. The van der Waals surface area contributed by atoms with Crippen LogP contribution in [0.15, 0.2) is 36.3 Å². The average molecular weight is 392 g/mol. The maximum Gasteiger partial charge on any atom is 0.419 e. The third-order valence-electron chi connectivity index (χ3n) is 4.86. The van der Waals surface area contributed by atoms with E-state index in [2.05, 4.69) is 31.2 Å². The molecule has 1 fully saturated rings. The number of carbonyl (C=O) groups excluding carboxylic acids is 1. The first kappa shape index (κ1) is 18.5. The van der Waals surface area contributed by atoms with E-state index in [9.17, 15) is 18.0 Å². The fourth-order valence-corrected chi connectivity index (χ4v) is 3.49. The molecule has 4 N–H and O–H groups in total. The van der Waals surface area contributed by atoms with Crippen LogP contribution in [-0.4, -0.2) is 41.0 Å². The minimum absolute atomic E-state index is 0.0487. The van der Waals surface area contributed by atoms with E-state index in [1.54, 1.807) is 12.2 Å². The summed E-state index contributed by atoms with van der Waals surface area (Å²) in [6.07, 6.45) is 4.06. The molecule has 2 atom stereocenters. The van der Waals surface area contributed by atoms with Gasteiger partial charge in [-0.15, -0.1) is 0 Å². The van der Waals surface area contributed by atoms with E-state index in [-0.39, 0.29) is 29.2 Å². The van der Waals surface area contributed by atoms with Crippen molar-refractivity contribution in [1.82, 2.24) is 25.9 Å². The van der Waals surface area contributed by atoms with E-state index >= 15 is 0 Å². The van der Waals surface area contributed by atoms with Crippen LogP contribution in [0.4, 0.5) is 19.1 Å². The number of fused-ring (bicyclic) bond motifs is 1. The van der Waals surface area contributed by atoms with Crippen molar-refractivity contribution in [1.29, 1.82) is 0 Å². The predicted octanol–water partition coefficient (Wildman–Crippen LogP) is 1.54. The molecule has 148 valence electrons. The van der Waals surface area contributed by atoms with Crippen molar-refractivity contribution in [3.05, 3.63) is 47.6 Å². The molecule has 10 heteroatoms. The van der Waals surface area contributed by atoms with Gasteiger partial charge >= 0.3 is 6.18 Å². The summed E-state index contributed by atoms with van der Waals surface area (Å²) in [4.78, 5) is 20.2. The molecular weight excluding hydrogens is 373 g/mol. The van der Waals surface area contributed by atoms with Crippen LogP contribution in [0.2, 0.25) is 0 Å². The first-order chi connectivity index (χ1) is 13.4. The zero-order valence-electron chi connectivity index (χ0n) is 14.8. The molecule has 4 heterocycles. The Hall–Kier alpha value is -2.88. The monoisotopic (exact) mass is 392 g/mol. The molecule has 3 aliphatic rings. The van der Waals surface area contributed by atoms with Crippen LogP contribution in [0.3, 0.4) is 0 Å². The van der Waals surface area contributed by atoms with Gasteiger partial charge in [0.25, 0.3) is 5.91 Å². The number of hydrogen-bond acceptors (Lipinski definition) is 6. The zero-order valence-corrected chi connectivity index (χ0v) is 14.8. The second kappa shape index (κ2) is 7.27. The van der Waals surface area contributed by atoms with Gasteiger partial charge in [-0.25, -0.2) is 9.97 Å². The van der Waals surface area contributed by atoms with Crippen LogP contribution in [0.1, 0.15) is 24.1 Å². The molecule has 28 heavy (non-hydrogen) atoms. The molecule has 4 rings (SSSR count). The molecule has 0 spiro atoms. The first-order valence-corrected chi connectivity index (χ1v) is 8.99. The van der Waals surface area contributed by atoms with Crippen molar-refractivity contribution >= 4 is 17.4 Å². The molecule has 0 radical (unpaired) electrons. The quantitative estimate of drug-likeness (QED) is 0.624. The number of allylic oxidation sites excluding steroid dienone is 2. The zero-order chi connectivity index (χ0) is 19.7. The lowest BCUT2D eigenvalue weighted by Gasteiger charge is -2.24. The third-order valence-corrected chi connectivity index (χ3v) is 4.86. The fourth-order valence-electron chi connectivity index (χ4n) is 3.49. The molecule has 0 aliphatic carbocycles. The van der Waals surface area contributed by atoms with E-state index in [1.165, 1.54) is 12.4 Å². The summed E-state index contributed by atoms with van der Waals surface area (Å²) in [5, 5.41) is 11.7. The molecule has 1 unspecified atom stereocenters. The Morgan fingerprint density at radius 2 is 2.14 bits per heavy atom. The lowest BCUT2D eigenvalue weighted by molar-refractivity contribution is -0.138. The molecule has 0 aromatic carbocycles. The Morgan fingerprint density at radius 3 is 2.89 bits per heavy atom. The summed E-state index contributed by atoms with van der Waals surface area (Å²) in [7, 11) is 0. The van der Waals surface area contributed by atoms with Gasteiger partial charge in [-0.1, -0.05) is 6.08 Å². The number of halogens is 3. The van der Waals surface area contributed by atoms with Gasteiger partial charge in [-0.2, -0.15) is 13.2 Å². The van der Waals surface area contributed by atoms with Crippen LogP contribution < -0.4 is 21.3 Å². The normalized spacial score (nSPS) is 24.5. The Kier molecular flexibility index (Phi) is 4.80. The standard InChI is InChI=1S/C18H19F3N6O/c19-18(20,21)13-9-25-17(26-10-3-1-5-22-7-10)27-14(13)12-8-24-15-11(12)4-2-6-23-16(15)28/h2,4,6,8-10,15,22,24H,1,3,5,7H2,(H,23,28)(H,25,26,27)/t10-,15?/m0/s1. The number of rotatable bonds is 3. The van der Waals surface area contributed by atoms with Crippen LogP contribution in [0.25, 0.3) is 5.57 Å². The maximum absolute atomic E-state index is 13.6. The minimum atomic E-state index is -4.62. The number of nitrogens with zero attached hydrogens (tertiary/aromatic N) is 2. The van der Waals surface area contributed by atoms with Crippen molar-refractivity contribution in [2.75, 3.05) is 18.4 Å². The highest BCUT2D eigenvalue weighted by Crippen LogP contribution is 2.38. The van der Waals surface area contributed by atoms with E-state index < -0.39 is 17.8 Å². The number of anilines is 1. The second-order valence-corrected chi connectivity index (χ2v) is 6.79. The van der Waals surface area contributed by atoms with Gasteiger partial charge in [0.1, 0.15) is 11.6 Å². The van der Waals surface area contributed by atoms with Crippen molar-refractivity contribution in [3.63, 3.8) is 0 Å². The van der Waals surface area contributed by atoms with Crippen molar-refractivity contribution < 1.29 is 18.0 Å². The molecule has 1 amide bonds. The van der Waals surface area contributed by atoms with Gasteiger partial charge in [0.05, 0.1) is 5.69 Å². The number of piperidine rings is 1. The SMILES string of the molecule is O=C1NC=CC=C2C(c3nc(N[C@H]4CCCNC4)ncc3C(F)(F)F)=CNC12. The number of nitrogens with one attached hydrogen (secondary N) is 4. The molecule has 7 nitrogen and oxygen atoms in total. The summed E-state index contributed by atoms with van der Waals surface area (Å²) < 4.78 is 40.8.